The second-order valence-electron chi connectivity index (χ2n) is 16.0. The summed E-state index contributed by atoms with van der Waals surface area (Å²) in [6, 6.07) is 67.0. The Morgan fingerprint density at radius 3 is 1.61 bits per heavy atom. The Morgan fingerprint density at radius 2 is 0.893 bits per heavy atom. The second kappa shape index (κ2) is 11.5. The number of fused-ring (bicyclic) bond motifs is 11. The van der Waals surface area contributed by atoms with Gasteiger partial charge in [0.25, 0.3) is 0 Å². The third-order valence-corrected chi connectivity index (χ3v) is 12.6. The normalized spacial score (nSPS) is 13.3. The zero-order valence-corrected chi connectivity index (χ0v) is 31.2. The van der Waals surface area contributed by atoms with E-state index >= 15 is 0 Å². The quantitative estimate of drug-likeness (QED) is 0.166. The summed E-state index contributed by atoms with van der Waals surface area (Å²) in [5, 5.41) is 12.4. The average molecular weight is 713 g/mol. The number of furan rings is 1. The third-order valence-electron chi connectivity index (χ3n) is 12.6. The summed E-state index contributed by atoms with van der Waals surface area (Å²) in [5.74, 6) is 0. The summed E-state index contributed by atoms with van der Waals surface area (Å²) in [6.45, 7) is 4.75. The van der Waals surface area contributed by atoms with Gasteiger partial charge in [0.2, 0.25) is 0 Å². The van der Waals surface area contributed by atoms with E-state index in [9.17, 15) is 0 Å². The fourth-order valence-electron chi connectivity index (χ4n) is 10.1. The van der Waals surface area contributed by atoms with E-state index in [-0.39, 0.29) is 5.41 Å². The fourth-order valence-corrected chi connectivity index (χ4v) is 10.1. The van der Waals surface area contributed by atoms with Crippen molar-refractivity contribution in [2.24, 2.45) is 0 Å². The number of hydrogen-bond donors (Lipinski definition) is 0. The largest absolute Gasteiger partial charge is 0.456 e. The summed E-state index contributed by atoms with van der Waals surface area (Å²) < 4.78 is 6.80. The Balaban J connectivity index is 1.09. The number of rotatable bonds is 3. The monoisotopic (exact) mass is 712 g/mol. The van der Waals surface area contributed by atoms with E-state index in [1.165, 1.54) is 109 Å². The first-order valence-electron chi connectivity index (χ1n) is 19.6. The summed E-state index contributed by atoms with van der Waals surface area (Å²) >= 11 is 0. The van der Waals surface area contributed by atoms with Crippen LogP contribution < -0.4 is 0 Å². The minimum Gasteiger partial charge on any atom is -0.456 e. The maximum atomic E-state index is 6.80. The molecule has 0 fully saturated rings. The highest BCUT2D eigenvalue weighted by atomic mass is 16.3. The van der Waals surface area contributed by atoms with Gasteiger partial charge in [-0.2, -0.15) is 0 Å². The van der Waals surface area contributed by atoms with Crippen LogP contribution in [-0.4, -0.2) is 0 Å². The van der Waals surface area contributed by atoms with E-state index in [4.69, 9.17) is 4.42 Å². The lowest BCUT2D eigenvalue weighted by Gasteiger charge is -2.23. The molecule has 0 spiro atoms. The second-order valence-corrected chi connectivity index (χ2v) is 16.0. The lowest BCUT2D eigenvalue weighted by Crippen LogP contribution is -2.15. The van der Waals surface area contributed by atoms with Gasteiger partial charge in [-0.05, 0) is 117 Å². The van der Waals surface area contributed by atoms with Gasteiger partial charge in [-0.25, -0.2) is 0 Å². The Morgan fingerprint density at radius 1 is 0.357 bits per heavy atom. The van der Waals surface area contributed by atoms with E-state index in [1.807, 2.05) is 0 Å². The van der Waals surface area contributed by atoms with Crippen LogP contribution in [-0.2, 0) is 5.41 Å². The first-order chi connectivity index (χ1) is 27.5. The topological polar surface area (TPSA) is 13.1 Å². The van der Waals surface area contributed by atoms with Crippen molar-refractivity contribution >= 4 is 65.0 Å². The fraction of sp³-hybridized carbons (Fsp3) is 0.0545. The van der Waals surface area contributed by atoms with Crippen molar-refractivity contribution in [1.82, 2.24) is 0 Å². The van der Waals surface area contributed by atoms with Crippen molar-refractivity contribution in [2.75, 3.05) is 0 Å². The summed E-state index contributed by atoms with van der Waals surface area (Å²) in [5.41, 5.74) is 14.4. The van der Waals surface area contributed by atoms with E-state index in [0.29, 0.717) is 0 Å². The highest BCUT2D eigenvalue weighted by molar-refractivity contribution is 6.24. The molecular weight excluding hydrogens is 677 g/mol. The average Bonchev–Trinajstić information content (AvgIpc) is 3.72. The molecule has 0 amide bonds. The van der Waals surface area contributed by atoms with Crippen LogP contribution in [0.5, 0.6) is 0 Å². The van der Waals surface area contributed by atoms with E-state index < -0.39 is 0 Å². The molecule has 0 unspecified atom stereocenters. The standard InChI is InChI=1S/C55H36O/c1-55(2)47-25-12-11-23-44(47)52-45(32-49-53(54(52)55)46-30-36-15-3-4-16-37(36)31-48(46)56-49)34-26-28-35(29-27-34)50-40-19-7-9-21-42(40)51(43-22-10-8-20-41(43)50)39-24-13-17-33-14-5-6-18-38(33)39/h3-32H,1-2H3. The summed E-state index contributed by atoms with van der Waals surface area (Å²) in [7, 11) is 0. The molecule has 56 heavy (non-hydrogen) atoms. The van der Waals surface area contributed by atoms with Gasteiger partial charge in [0.1, 0.15) is 11.2 Å². The van der Waals surface area contributed by atoms with E-state index in [1.54, 1.807) is 0 Å². The Bertz CT molecular complexity index is 3370. The predicted octanol–water partition coefficient (Wildman–Crippen LogP) is 15.5. The first kappa shape index (κ1) is 31.4. The molecule has 0 bridgehead atoms. The van der Waals surface area contributed by atoms with Gasteiger partial charge < -0.3 is 4.42 Å². The van der Waals surface area contributed by atoms with Crippen LogP contribution in [0.1, 0.15) is 25.0 Å². The molecule has 1 heterocycles. The number of hydrogen-bond acceptors (Lipinski definition) is 1. The van der Waals surface area contributed by atoms with Gasteiger partial charge in [-0.15, -0.1) is 0 Å². The van der Waals surface area contributed by atoms with Crippen molar-refractivity contribution in [1.29, 1.82) is 0 Å². The minimum atomic E-state index is -0.202. The zero-order chi connectivity index (χ0) is 37.1. The SMILES string of the molecule is CC1(C)c2ccccc2-c2c(-c3ccc(-c4c5ccccc5c(-c5cccc6ccccc56)c5ccccc45)cc3)cc3oc4cc5ccccc5cc4c3c21. The molecule has 0 radical (unpaired) electrons. The molecule has 0 atom stereocenters. The van der Waals surface area contributed by atoms with Crippen LogP contribution in [0.2, 0.25) is 0 Å². The molecule has 10 aromatic carbocycles. The predicted molar refractivity (Wildman–Crippen MR) is 238 cm³/mol. The molecule has 0 saturated heterocycles. The molecule has 0 saturated carbocycles. The number of benzene rings is 10. The molecule has 1 aliphatic carbocycles. The molecule has 262 valence electrons. The minimum absolute atomic E-state index is 0.202. The third kappa shape index (κ3) is 4.31. The first-order valence-corrected chi connectivity index (χ1v) is 19.6. The van der Waals surface area contributed by atoms with Gasteiger partial charge in [-0.3, -0.25) is 0 Å². The lowest BCUT2D eigenvalue weighted by molar-refractivity contribution is 0.657. The highest BCUT2D eigenvalue weighted by Crippen LogP contribution is 2.56. The smallest absolute Gasteiger partial charge is 0.136 e. The van der Waals surface area contributed by atoms with E-state index in [0.717, 1.165) is 11.2 Å². The van der Waals surface area contributed by atoms with Gasteiger partial charge in [0.05, 0.1) is 0 Å². The van der Waals surface area contributed by atoms with Crippen molar-refractivity contribution in [2.45, 2.75) is 19.3 Å². The molecule has 0 aliphatic heterocycles. The molecule has 1 heteroatoms. The van der Waals surface area contributed by atoms with Crippen molar-refractivity contribution < 1.29 is 4.42 Å². The lowest BCUT2D eigenvalue weighted by atomic mass is 9.79. The maximum Gasteiger partial charge on any atom is 0.136 e. The molecule has 0 N–H and O–H groups in total. The van der Waals surface area contributed by atoms with Gasteiger partial charge in [0, 0.05) is 16.2 Å². The van der Waals surface area contributed by atoms with Crippen molar-refractivity contribution in [3.8, 4) is 44.5 Å². The van der Waals surface area contributed by atoms with Gasteiger partial charge in [0.15, 0.2) is 0 Å². The molecule has 11 aromatic rings. The zero-order valence-electron chi connectivity index (χ0n) is 31.2. The van der Waals surface area contributed by atoms with Crippen LogP contribution in [0, 0.1) is 0 Å². The molecule has 12 rings (SSSR count). The summed E-state index contributed by atoms with van der Waals surface area (Å²) in [4.78, 5) is 0. The van der Waals surface area contributed by atoms with Crippen LogP contribution in [0.15, 0.2) is 186 Å². The van der Waals surface area contributed by atoms with Crippen LogP contribution in [0.4, 0.5) is 0 Å². The maximum absolute atomic E-state index is 6.80. The van der Waals surface area contributed by atoms with Crippen LogP contribution in [0.3, 0.4) is 0 Å². The van der Waals surface area contributed by atoms with Crippen molar-refractivity contribution in [3.05, 3.63) is 193 Å². The Hall–Kier alpha value is -6.96. The van der Waals surface area contributed by atoms with Crippen molar-refractivity contribution in [3.63, 3.8) is 0 Å². The Labute approximate surface area is 325 Å². The molecule has 1 aliphatic rings. The Kier molecular flexibility index (Phi) is 6.46. The van der Waals surface area contributed by atoms with Gasteiger partial charge in [-0.1, -0.05) is 178 Å². The molecular formula is C55H36O. The van der Waals surface area contributed by atoms with E-state index in [2.05, 4.69) is 196 Å². The molecule has 1 nitrogen and oxygen atoms in total. The summed E-state index contributed by atoms with van der Waals surface area (Å²) in [6.07, 6.45) is 0. The van der Waals surface area contributed by atoms with Crippen LogP contribution >= 0.6 is 0 Å². The highest BCUT2D eigenvalue weighted by Gasteiger charge is 2.40. The molecule has 1 aromatic heterocycles. The van der Waals surface area contributed by atoms with Gasteiger partial charge >= 0.3 is 0 Å². The van der Waals surface area contributed by atoms with Crippen LogP contribution in [0.25, 0.3) is 110 Å².